The maximum Gasteiger partial charge on any atom is 0.262 e. The smallest absolute Gasteiger partial charge is 0.262 e. The molecule has 0 bridgehead atoms. The van der Waals surface area contributed by atoms with Crippen LogP contribution in [0.4, 0.5) is 4.39 Å². The highest BCUT2D eigenvalue weighted by Gasteiger charge is 2.58. The monoisotopic (exact) mass is 472 g/mol. The highest BCUT2D eigenvalue weighted by molar-refractivity contribution is 7.98. The summed E-state index contributed by atoms with van der Waals surface area (Å²) >= 11 is 1.30. The van der Waals surface area contributed by atoms with E-state index in [0.717, 1.165) is 25.7 Å². The van der Waals surface area contributed by atoms with Crippen LogP contribution in [0.25, 0.3) is 5.65 Å². The second-order valence-electron chi connectivity index (χ2n) is 7.59. The van der Waals surface area contributed by atoms with E-state index in [1.54, 1.807) is 0 Å². The number of hydrogen-bond acceptors (Lipinski definition) is 9. The molecule has 11 heteroatoms. The van der Waals surface area contributed by atoms with Gasteiger partial charge in [-0.05, 0) is 26.0 Å². The molecule has 4 atom stereocenters. The Morgan fingerprint density at radius 1 is 1.25 bits per heavy atom. The van der Waals surface area contributed by atoms with Crippen molar-refractivity contribution in [1.82, 2.24) is 19.6 Å². The minimum Gasteiger partial charge on any atom is -0.475 e. The molecule has 32 heavy (non-hydrogen) atoms. The van der Waals surface area contributed by atoms with Gasteiger partial charge in [0.05, 0.1) is 19.4 Å². The highest BCUT2D eigenvalue weighted by atomic mass is 32.2. The molecule has 0 spiro atoms. The van der Waals surface area contributed by atoms with Crippen LogP contribution in [0.15, 0.2) is 11.4 Å². The van der Waals surface area contributed by atoms with Gasteiger partial charge in [-0.15, -0.1) is 5.10 Å². The molecule has 0 amide bonds. The van der Waals surface area contributed by atoms with Crippen LogP contribution in [0.2, 0.25) is 0 Å². The van der Waals surface area contributed by atoms with E-state index in [1.807, 2.05) is 20.1 Å². The van der Waals surface area contributed by atoms with Gasteiger partial charge in [0.1, 0.15) is 17.9 Å². The molecule has 1 N–H and O–H groups in total. The lowest BCUT2D eigenvalue weighted by Gasteiger charge is -2.24. The molecular weight excluding hydrogens is 439 g/mol. The van der Waals surface area contributed by atoms with Gasteiger partial charge in [0.2, 0.25) is 16.6 Å². The van der Waals surface area contributed by atoms with Crippen LogP contribution < -0.4 is 4.74 Å². The third-order valence-electron chi connectivity index (χ3n) is 5.23. The third kappa shape index (κ3) is 5.17. The van der Waals surface area contributed by atoms with Gasteiger partial charge < -0.3 is 24.1 Å². The summed E-state index contributed by atoms with van der Waals surface area (Å²) in [6.45, 7) is 7.31. The molecule has 2 aromatic heterocycles. The first-order valence-electron chi connectivity index (χ1n) is 11.2. The number of alkyl halides is 1. The van der Waals surface area contributed by atoms with Crippen molar-refractivity contribution in [3.63, 3.8) is 0 Å². The Balaban J connectivity index is 1.94. The summed E-state index contributed by atoms with van der Waals surface area (Å²) in [5, 5.41) is 16.2. The normalized spacial score (nSPS) is 25.6. The van der Waals surface area contributed by atoms with Crippen LogP contribution in [-0.4, -0.2) is 75.8 Å². The first kappa shape index (κ1) is 25.1. The van der Waals surface area contributed by atoms with E-state index in [4.69, 9.17) is 18.9 Å². The molecule has 180 valence electrons. The molecular formula is C21H33FN4O5S. The minimum atomic E-state index is -2.30. The standard InChI is InChI=1S/C21H33FN4O5S/c1-5-8-10-28-13-14-16(30-11-9-6-2)17(22)21(27,31-14)15-12-23-18-19(29-7-3)24-20(32-4)25-26(15)18/h12,14,16-17,27H,5-11,13H2,1-4H3/t14-,16-,17-,21+/m1/s1. The average molecular weight is 473 g/mol. The maximum atomic E-state index is 15.7. The minimum absolute atomic E-state index is 0.0544. The van der Waals surface area contributed by atoms with E-state index >= 15 is 4.39 Å². The number of halogens is 1. The Morgan fingerprint density at radius 2 is 2.00 bits per heavy atom. The van der Waals surface area contributed by atoms with E-state index in [2.05, 4.69) is 22.0 Å². The summed E-state index contributed by atoms with van der Waals surface area (Å²) in [5.74, 6) is -2.05. The second kappa shape index (κ2) is 11.6. The van der Waals surface area contributed by atoms with E-state index in [1.165, 1.54) is 22.5 Å². The zero-order chi connectivity index (χ0) is 23.1. The van der Waals surface area contributed by atoms with Crippen molar-refractivity contribution in [1.29, 1.82) is 0 Å². The van der Waals surface area contributed by atoms with Gasteiger partial charge in [0.15, 0.2) is 6.17 Å². The Hall–Kier alpha value is -1.53. The Bertz CT molecular complexity index is 872. The van der Waals surface area contributed by atoms with E-state index in [9.17, 15) is 5.11 Å². The largest absolute Gasteiger partial charge is 0.475 e. The molecule has 0 unspecified atom stereocenters. The summed E-state index contributed by atoms with van der Waals surface area (Å²) in [5.41, 5.74) is 0.328. The number of aliphatic hydroxyl groups is 1. The Labute approximate surface area is 192 Å². The van der Waals surface area contributed by atoms with Crippen molar-refractivity contribution in [3.05, 3.63) is 11.9 Å². The summed E-state index contributed by atoms with van der Waals surface area (Å²) in [4.78, 5) is 8.59. The molecule has 3 rings (SSSR count). The predicted molar refractivity (Wildman–Crippen MR) is 118 cm³/mol. The average Bonchev–Trinajstić information content (AvgIpc) is 3.32. The van der Waals surface area contributed by atoms with Gasteiger partial charge in [-0.2, -0.15) is 4.98 Å². The summed E-state index contributed by atoms with van der Waals surface area (Å²) in [6.07, 6.45) is 3.10. The molecule has 0 saturated carbocycles. The topological polar surface area (TPSA) is 100 Å². The van der Waals surface area contributed by atoms with Crippen molar-refractivity contribution in [3.8, 4) is 5.88 Å². The van der Waals surface area contributed by atoms with E-state index in [0.29, 0.717) is 25.0 Å². The third-order valence-corrected chi connectivity index (χ3v) is 5.77. The number of nitrogens with zero attached hydrogens (tertiary/aromatic N) is 4. The van der Waals surface area contributed by atoms with Crippen LogP contribution in [0.1, 0.15) is 52.1 Å². The summed E-state index contributed by atoms with van der Waals surface area (Å²) in [7, 11) is 0. The van der Waals surface area contributed by atoms with Gasteiger partial charge in [-0.3, -0.25) is 0 Å². The Morgan fingerprint density at radius 3 is 2.69 bits per heavy atom. The van der Waals surface area contributed by atoms with Crippen molar-refractivity contribution >= 4 is 17.4 Å². The van der Waals surface area contributed by atoms with Crippen molar-refractivity contribution < 1.29 is 28.4 Å². The molecule has 9 nitrogen and oxygen atoms in total. The first-order chi connectivity index (χ1) is 15.5. The van der Waals surface area contributed by atoms with Crippen LogP contribution in [0.5, 0.6) is 5.88 Å². The van der Waals surface area contributed by atoms with Crippen LogP contribution >= 0.6 is 11.8 Å². The zero-order valence-electron chi connectivity index (χ0n) is 19.1. The van der Waals surface area contributed by atoms with Crippen LogP contribution in [-0.2, 0) is 20.0 Å². The molecule has 2 aromatic rings. The maximum absolute atomic E-state index is 15.7. The molecule has 1 fully saturated rings. The number of rotatable bonds is 13. The molecule has 1 aliphatic heterocycles. The molecule has 0 aromatic carbocycles. The van der Waals surface area contributed by atoms with Gasteiger partial charge in [-0.1, -0.05) is 38.5 Å². The highest BCUT2D eigenvalue weighted by Crippen LogP contribution is 2.42. The number of imidazole rings is 1. The van der Waals surface area contributed by atoms with E-state index in [-0.39, 0.29) is 23.8 Å². The van der Waals surface area contributed by atoms with Crippen LogP contribution in [0.3, 0.4) is 0 Å². The second-order valence-corrected chi connectivity index (χ2v) is 8.36. The fourth-order valence-electron chi connectivity index (χ4n) is 3.51. The number of unbranched alkanes of at least 4 members (excludes halogenated alkanes) is 2. The molecule has 0 radical (unpaired) electrons. The molecule has 1 aliphatic rings. The number of fused-ring (bicyclic) bond motifs is 1. The van der Waals surface area contributed by atoms with Crippen molar-refractivity contribution in [2.75, 3.05) is 32.7 Å². The summed E-state index contributed by atoms with van der Waals surface area (Å²) in [6, 6.07) is 0. The van der Waals surface area contributed by atoms with Crippen molar-refractivity contribution in [2.45, 2.75) is 75.8 Å². The van der Waals surface area contributed by atoms with Gasteiger partial charge in [0.25, 0.3) is 5.88 Å². The lowest BCUT2D eigenvalue weighted by Crippen LogP contribution is -2.40. The Kier molecular flexibility index (Phi) is 9.06. The van der Waals surface area contributed by atoms with Crippen molar-refractivity contribution in [2.24, 2.45) is 0 Å². The fraction of sp³-hybridized carbons (Fsp3) is 0.762. The lowest BCUT2D eigenvalue weighted by molar-refractivity contribution is -0.232. The number of thioether (sulfide) groups is 1. The van der Waals surface area contributed by atoms with Gasteiger partial charge in [-0.25, -0.2) is 13.9 Å². The quantitative estimate of drug-likeness (QED) is 0.348. The van der Waals surface area contributed by atoms with Crippen LogP contribution in [0, 0.1) is 0 Å². The fourth-order valence-corrected chi connectivity index (χ4v) is 3.85. The zero-order valence-corrected chi connectivity index (χ0v) is 19.9. The first-order valence-corrected chi connectivity index (χ1v) is 12.4. The van der Waals surface area contributed by atoms with Gasteiger partial charge >= 0.3 is 0 Å². The van der Waals surface area contributed by atoms with Gasteiger partial charge in [0, 0.05) is 13.2 Å². The van der Waals surface area contributed by atoms with E-state index < -0.39 is 24.2 Å². The predicted octanol–water partition coefficient (Wildman–Crippen LogP) is 3.13. The number of hydrogen-bond donors (Lipinski definition) is 1. The summed E-state index contributed by atoms with van der Waals surface area (Å²) < 4.78 is 40.0. The SMILES string of the molecule is CCCCOC[C@H]1O[C@@](O)(c2cnc3c(OCC)nc(SC)nn23)[C@H](F)[C@@H]1OCCCC. The lowest BCUT2D eigenvalue weighted by atomic mass is 10.0. The molecule has 3 heterocycles. The molecule has 1 saturated heterocycles. The number of aromatic nitrogens is 4. The molecule has 0 aliphatic carbocycles. The number of ether oxygens (including phenoxy) is 4.